The zero-order valence-electron chi connectivity index (χ0n) is 10.9. The molecule has 0 radical (unpaired) electrons. The van der Waals surface area contributed by atoms with Crippen LogP contribution in [0.2, 0.25) is 5.02 Å². The molecule has 0 N–H and O–H groups in total. The van der Waals surface area contributed by atoms with Crippen LogP contribution in [0.25, 0.3) is 0 Å². The van der Waals surface area contributed by atoms with Crippen LogP contribution in [-0.4, -0.2) is 22.8 Å². The van der Waals surface area contributed by atoms with Crippen LogP contribution in [0.15, 0.2) is 42.5 Å². The maximum Gasteiger partial charge on any atom is 0.272 e. The molecule has 19 heavy (non-hydrogen) atoms. The molecule has 1 aromatic heterocycles. The van der Waals surface area contributed by atoms with Crippen LogP contribution < -0.4 is 0 Å². The molecule has 2 rings (SSSR count). The number of rotatable bonds is 3. The van der Waals surface area contributed by atoms with E-state index in [1.165, 1.54) is 0 Å². The summed E-state index contributed by atoms with van der Waals surface area (Å²) in [4.78, 5) is 18.1. The quantitative estimate of drug-likeness (QED) is 0.860. The molecule has 0 fully saturated rings. The number of aromatic nitrogens is 1. The first-order chi connectivity index (χ1) is 9.06. The number of nitrogens with zero attached hydrogens (tertiary/aromatic N) is 2. The summed E-state index contributed by atoms with van der Waals surface area (Å²) in [5.74, 6) is -0.0846. The number of aryl methyl sites for hydroxylation is 1. The smallest absolute Gasteiger partial charge is 0.272 e. The molecule has 0 bridgehead atoms. The third kappa shape index (κ3) is 3.55. The van der Waals surface area contributed by atoms with Gasteiger partial charge in [0.05, 0.1) is 0 Å². The van der Waals surface area contributed by atoms with E-state index < -0.39 is 0 Å². The topological polar surface area (TPSA) is 33.2 Å². The number of amides is 1. The van der Waals surface area contributed by atoms with Gasteiger partial charge in [-0.2, -0.15) is 0 Å². The third-order valence-corrected chi connectivity index (χ3v) is 3.04. The highest BCUT2D eigenvalue weighted by Gasteiger charge is 2.13. The lowest BCUT2D eigenvalue weighted by Gasteiger charge is -2.17. The predicted octanol–water partition coefficient (Wildman–Crippen LogP) is 3.32. The molecule has 0 aliphatic heterocycles. The third-order valence-electron chi connectivity index (χ3n) is 2.79. The minimum atomic E-state index is -0.0846. The minimum Gasteiger partial charge on any atom is -0.336 e. The van der Waals surface area contributed by atoms with Crippen molar-refractivity contribution in [2.45, 2.75) is 13.5 Å². The number of halogens is 1. The highest BCUT2D eigenvalue weighted by atomic mass is 35.5. The highest BCUT2D eigenvalue weighted by Crippen LogP contribution is 2.12. The zero-order chi connectivity index (χ0) is 13.8. The highest BCUT2D eigenvalue weighted by molar-refractivity contribution is 6.30. The first kappa shape index (κ1) is 13.6. The van der Waals surface area contributed by atoms with Gasteiger partial charge in [0, 0.05) is 24.3 Å². The molecule has 1 aromatic carbocycles. The fourth-order valence-corrected chi connectivity index (χ4v) is 1.92. The van der Waals surface area contributed by atoms with E-state index in [4.69, 9.17) is 11.6 Å². The Morgan fingerprint density at radius 2 is 1.89 bits per heavy atom. The van der Waals surface area contributed by atoms with Gasteiger partial charge in [-0.3, -0.25) is 4.79 Å². The van der Waals surface area contributed by atoms with Gasteiger partial charge in [0.15, 0.2) is 0 Å². The van der Waals surface area contributed by atoms with E-state index in [1.807, 2.05) is 43.3 Å². The fraction of sp³-hybridized carbons (Fsp3) is 0.200. The van der Waals surface area contributed by atoms with Crippen molar-refractivity contribution in [1.82, 2.24) is 9.88 Å². The molecule has 98 valence electrons. The summed E-state index contributed by atoms with van der Waals surface area (Å²) in [6.45, 7) is 2.40. The second-order valence-electron chi connectivity index (χ2n) is 4.45. The first-order valence-electron chi connectivity index (χ1n) is 6.00. The van der Waals surface area contributed by atoms with Gasteiger partial charge >= 0.3 is 0 Å². The summed E-state index contributed by atoms with van der Waals surface area (Å²) in [7, 11) is 1.76. The second kappa shape index (κ2) is 5.85. The molecule has 0 unspecified atom stereocenters. The van der Waals surface area contributed by atoms with Crippen LogP contribution in [-0.2, 0) is 6.54 Å². The molecule has 1 heterocycles. The SMILES string of the molecule is Cc1cccc(C(=O)N(C)Cc2ccc(Cl)cc2)n1. The average molecular weight is 275 g/mol. The normalized spacial score (nSPS) is 10.3. The number of carbonyl (C=O) groups excluding carboxylic acids is 1. The zero-order valence-corrected chi connectivity index (χ0v) is 11.7. The molecule has 0 aliphatic carbocycles. The number of carbonyl (C=O) groups is 1. The van der Waals surface area contributed by atoms with Gasteiger partial charge in [0.2, 0.25) is 0 Å². The Balaban J connectivity index is 2.09. The van der Waals surface area contributed by atoms with Gasteiger partial charge in [-0.25, -0.2) is 4.98 Å². The summed E-state index contributed by atoms with van der Waals surface area (Å²) >= 11 is 5.83. The Labute approximate surface area is 117 Å². The molecule has 3 nitrogen and oxygen atoms in total. The van der Waals surface area contributed by atoms with Gasteiger partial charge in [0.25, 0.3) is 5.91 Å². The Morgan fingerprint density at radius 1 is 1.21 bits per heavy atom. The fourth-order valence-electron chi connectivity index (χ4n) is 1.79. The summed E-state index contributed by atoms with van der Waals surface area (Å²) in [5, 5.41) is 0.693. The van der Waals surface area contributed by atoms with E-state index >= 15 is 0 Å². The molecule has 1 amide bonds. The largest absolute Gasteiger partial charge is 0.336 e. The molecule has 4 heteroatoms. The van der Waals surface area contributed by atoms with Crippen LogP contribution in [0.5, 0.6) is 0 Å². The van der Waals surface area contributed by atoms with Crippen LogP contribution in [0.4, 0.5) is 0 Å². The van der Waals surface area contributed by atoms with Crippen molar-refractivity contribution >= 4 is 17.5 Å². The van der Waals surface area contributed by atoms with Gasteiger partial charge < -0.3 is 4.90 Å². The van der Waals surface area contributed by atoms with Crippen LogP contribution in [0, 0.1) is 6.92 Å². The summed E-state index contributed by atoms with van der Waals surface area (Å²) in [6.07, 6.45) is 0. The van der Waals surface area contributed by atoms with Crippen molar-refractivity contribution in [3.8, 4) is 0 Å². The van der Waals surface area contributed by atoms with Crippen molar-refractivity contribution in [2.24, 2.45) is 0 Å². The lowest BCUT2D eigenvalue weighted by atomic mass is 10.2. The monoisotopic (exact) mass is 274 g/mol. The van der Waals surface area contributed by atoms with E-state index in [9.17, 15) is 4.79 Å². The van der Waals surface area contributed by atoms with Crippen LogP contribution in [0.3, 0.4) is 0 Å². The van der Waals surface area contributed by atoms with Gasteiger partial charge in [-0.05, 0) is 36.8 Å². The summed E-state index contributed by atoms with van der Waals surface area (Å²) in [5.41, 5.74) is 2.34. The molecule has 0 saturated carbocycles. The summed E-state index contributed by atoms with van der Waals surface area (Å²) < 4.78 is 0. The molecular weight excluding hydrogens is 260 g/mol. The number of pyridine rings is 1. The molecule has 0 saturated heterocycles. The van der Waals surface area contributed by atoms with Gasteiger partial charge in [-0.15, -0.1) is 0 Å². The van der Waals surface area contributed by atoms with Gasteiger partial charge in [-0.1, -0.05) is 29.8 Å². The maximum atomic E-state index is 12.2. The van der Waals surface area contributed by atoms with E-state index in [2.05, 4.69) is 4.98 Å². The van der Waals surface area contributed by atoms with Crippen LogP contribution in [0.1, 0.15) is 21.7 Å². The Kier molecular flexibility index (Phi) is 4.17. The molecular formula is C15H15ClN2O. The van der Waals surface area contributed by atoms with E-state index in [0.717, 1.165) is 11.3 Å². The van der Waals surface area contributed by atoms with Crippen molar-refractivity contribution < 1.29 is 4.79 Å². The minimum absolute atomic E-state index is 0.0846. The average Bonchev–Trinajstić information content (AvgIpc) is 2.40. The first-order valence-corrected chi connectivity index (χ1v) is 6.37. The molecule has 0 aliphatic rings. The maximum absolute atomic E-state index is 12.2. The Morgan fingerprint density at radius 3 is 2.53 bits per heavy atom. The molecule has 2 aromatic rings. The molecule has 0 atom stereocenters. The van der Waals surface area contributed by atoms with Crippen molar-refractivity contribution in [2.75, 3.05) is 7.05 Å². The number of hydrogen-bond donors (Lipinski definition) is 0. The predicted molar refractivity (Wildman–Crippen MR) is 76.2 cm³/mol. The van der Waals surface area contributed by atoms with E-state index in [0.29, 0.717) is 17.3 Å². The van der Waals surface area contributed by atoms with Crippen LogP contribution >= 0.6 is 11.6 Å². The number of benzene rings is 1. The summed E-state index contributed by atoms with van der Waals surface area (Å²) in [6, 6.07) is 12.9. The van der Waals surface area contributed by atoms with E-state index in [1.54, 1.807) is 18.0 Å². The second-order valence-corrected chi connectivity index (χ2v) is 4.89. The van der Waals surface area contributed by atoms with Crippen molar-refractivity contribution in [3.63, 3.8) is 0 Å². The van der Waals surface area contributed by atoms with Crippen molar-refractivity contribution in [3.05, 3.63) is 64.4 Å². The Hall–Kier alpha value is -1.87. The molecule has 0 spiro atoms. The standard InChI is InChI=1S/C15H15ClN2O/c1-11-4-3-5-14(17-11)15(19)18(2)10-12-6-8-13(16)9-7-12/h3-9H,10H2,1-2H3. The lowest BCUT2D eigenvalue weighted by Crippen LogP contribution is -2.27. The van der Waals surface area contributed by atoms with Gasteiger partial charge in [0.1, 0.15) is 5.69 Å². The van der Waals surface area contributed by atoms with E-state index in [-0.39, 0.29) is 5.91 Å². The lowest BCUT2D eigenvalue weighted by molar-refractivity contribution is 0.0779. The number of hydrogen-bond acceptors (Lipinski definition) is 2. The Bertz CT molecular complexity index is 581. The van der Waals surface area contributed by atoms with Crippen molar-refractivity contribution in [1.29, 1.82) is 0 Å².